The zero-order chi connectivity index (χ0) is 11.1. The van der Waals surface area contributed by atoms with Crippen molar-refractivity contribution >= 4 is 0 Å². The lowest BCUT2D eigenvalue weighted by atomic mass is 10.1. The Morgan fingerprint density at radius 1 is 1.47 bits per heavy atom. The second-order valence-corrected chi connectivity index (χ2v) is 3.77. The number of hydrogen-bond donors (Lipinski definition) is 2. The molecule has 3 heteroatoms. The van der Waals surface area contributed by atoms with E-state index >= 15 is 0 Å². The maximum atomic E-state index is 8.85. The average molecular weight is 208 g/mol. The number of rotatable bonds is 6. The summed E-state index contributed by atoms with van der Waals surface area (Å²) >= 11 is 0. The number of aliphatic hydroxyl groups excluding tert-OH is 1. The van der Waals surface area contributed by atoms with Gasteiger partial charge >= 0.3 is 0 Å². The molecular weight excluding hydrogens is 188 g/mol. The van der Waals surface area contributed by atoms with Gasteiger partial charge in [0.15, 0.2) is 0 Å². The van der Waals surface area contributed by atoms with E-state index in [4.69, 9.17) is 5.11 Å². The van der Waals surface area contributed by atoms with Crippen molar-refractivity contribution in [2.45, 2.75) is 39.3 Å². The molecule has 84 valence electrons. The molecule has 0 spiro atoms. The van der Waals surface area contributed by atoms with E-state index in [-0.39, 0.29) is 6.61 Å². The van der Waals surface area contributed by atoms with Crippen LogP contribution in [-0.4, -0.2) is 22.7 Å². The SMILES string of the molecule is CCC(CCO)NCc1cccc(C)n1. The highest BCUT2D eigenvalue weighted by atomic mass is 16.3. The van der Waals surface area contributed by atoms with Crippen molar-refractivity contribution in [3.63, 3.8) is 0 Å². The fraction of sp³-hybridized carbons (Fsp3) is 0.583. The molecule has 1 aromatic rings. The van der Waals surface area contributed by atoms with Gasteiger partial charge in [-0.1, -0.05) is 13.0 Å². The summed E-state index contributed by atoms with van der Waals surface area (Å²) in [6.45, 7) is 5.14. The van der Waals surface area contributed by atoms with E-state index in [0.29, 0.717) is 6.04 Å². The average Bonchev–Trinajstić information content (AvgIpc) is 2.24. The molecule has 1 heterocycles. The molecule has 0 saturated heterocycles. The number of nitrogens with zero attached hydrogens (tertiary/aromatic N) is 1. The Bertz CT molecular complexity index is 289. The van der Waals surface area contributed by atoms with E-state index in [1.165, 1.54) is 0 Å². The van der Waals surface area contributed by atoms with Crippen LogP contribution >= 0.6 is 0 Å². The molecule has 1 atom stereocenters. The van der Waals surface area contributed by atoms with E-state index in [0.717, 1.165) is 30.8 Å². The summed E-state index contributed by atoms with van der Waals surface area (Å²) in [4.78, 5) is 4.41. The molecule has 0 aromatic carbocycles. The van der Waals surface area contributed by atoms with Crippen molar-refractivity contribution in [3.8, 4) is 0 Å². The summed E-state index contributed by atoms with van der Waals surface area (Å²) in [5.74, 6) is 0. The maximum Gasteiger partial charge on any atom is 0.0544 e. The Balaban J connectivity index is 2.41. The van der Waals surface area contributed by atoms with Crippen LogP contribution in [0.15, 0.2) is 18.2 Å². The summed E-state index contributed by atoms with van der Waals surface area (Å²) in [7, 11) is 0. The van der Waals surface area contributed by atoms with Crippen LogP contribution in [0.1, 0.15) is 31.2 Å². The van der Waals surface area contributed by atoms with E-state index < -0.39 is 0 Å². The van der Waals surface area contributed by atoms with Crippen LogP contribution < -0.4 is 5.32 Å². The Morgan fingerprint density at radius 2 is 2.27 bits per heavy atom. The molecule has 0 bridgehead atoms. The second kappa shape index (κ2) is 6.53. The highest BCUT2D eigenvalue weighted by Crippen LogP contribution is 2.01. The van der Waals surface area contributed by atoms with Crippen LogP contribution in [0.25, 0.3) is 0 Å². The highest BCUT2D eigenvalue weighted by molar-refractivity contribution is 5.09. The minimum absolute atomic E-state index is 0.243. The zero-order valence-electron chi connectivity index (χ0n) is 9.53. The fourth-order valence-corrected chi connectivity index (χ4v) is 1.55. The van der Waals surface area contributed by atoms with Crippen LogP contribution in [0.3, 0.4) is 0 Å². The van der Waals surface area contributed by atoms with E-state index in [1.54, 1.807) is 0 Å². The van der Waals surface area contributed by atoms with Crippen LogP contribution in [0.4, 0.5) is 0 Å². The quantitative estimate of drug-likeness (QED) is 0.747. The first-order chi connectivity index (χ1) is 7.26. The Hall–Kier alpha value is -0.930. The molecule has 2 N–H and O–H groups in total. The third kappa shape index (κ3) is 4.40. The summed E-state index contributed by atoms with van der Waals surface area (Å²) in [6.07, 6.45) is 1.84. The van der Waals surface area contributed by atoms with Gasteiger partial charge in [0.25, 0.3) is 0 Å². The summed E-state index contributed by atoms with van der Waals surface area (Å²) < 4.78 is 0. The first-order valence-corrected chi connectivity index (χ1v) is 5.53. The molecule has 0 saturated carbocycles. The molecule has 1 rings (SSSR count). The standard InChI is InChI=1S/C12H20N2O/c1-3-11(7-8-15)13-9-12-6-4-5-10(2)14-12/h4-6,11,13,15H,3,7-9H2,1-2H3. The Morgan fingerprint density at radius 3 is 2.87 bits per heavy atom. The lowest BCUT2D eigenvalue weighted by Gasteiger charge is -2.15. The van der Waals surface area contributed by atoms with Gasteiger partial charge in [0.2, 0.25) is 0 Å². The molecule has 0 amide bonds. The van der Waals surface area contributed by atoms with Crippen molar-refractivity contribution in [3.05, 3.63) is 29.6 Å². The van der Waals surface area contributed by atoms with Crippen molar-refractivity contribution in [2.24, 2.45) is 0 Å². The smallest absolute Gasteiger partial charge is 0.0544 e. The van der Waals surface area contributed by atoms with Gasteiger partial charge in [0.1, 0.15) is 0 Å². The molecule has 0 aliphatic heterocycles. The molecule has 3 nitrogen and oxygen atoms in total. The molecule has 15 heavy (non-hydrogen) atoms. The first kappa shape index (κ1) is 12.1. The minimum atomic E-state index is 0.243. The topological polar surface area (TPSA) is 45.1 Å². The minimum Gasteiger partial charge on any atom is -0.396 e. The van der Waals surface area contributed by atoms with Gasteiger partial charge in [0, 0.05) is 24.9 Å². The number of aliphatic hydroxyl groups is 1. The van der Waals surface area contributed by atoms with Gasteiger partial charge in [-0.3, -0.25) is 4.98 Å². The summed E-state index contributed by atoms with van der Waals surface area (Å²) in [5, 5.41) is 12.2. The number of aryl methyl sites for hydroxylation is 1. The third-order valence-electron chi connectivity index (χ3n) is 2.49. The van der Waals surface area contributed by atoms with Crippen LogP contribution in [0.2, 0.25) is 0 Å². The van der Waals surface area contributed by atoms with Gasteiger partial charge < -0.3 is 10.4 Å². The number of nitrogens with one attached hydrogen (secondary N) is 1. The van der Waals surface area contributed by atoms with Gasteiger partial charge in [-0.05, 0) is 31.9 Å². The third-order valence-corrected chi connectivity index (χ3v) is 2.49. The predicted molar refractivity (Wildman–Crippen MR) is 61.6 cm³/mol. The van der Waals surface area contributed by atoms with E-state index in [2.05, 4.69) is 17.2 Å². The van der Waals surface area contributed by atoms with Crippen molar-refractivity contribution in [1.82, 2.24) is 10.3 Å². The number of aromatic nitrogens is 1. The van der Waals surface area contributed by atoms with Crippen LogP contribution in [0, 0.1) is 6.92 Å². The Labute approximate surface area is 91.5 Å². The molecule has 1 unspecified atom stereocenters. The second-order valence-electron chi connectivity index (χ2n) is 3.77. The number of hydrogen-bond acceptors (Lipinski definition) is 3. The largest absolute Gasteiger partial charge is 0.396 e. The summed E-state index contributed by atoms with van der Waals surface area (Å²) in [5.41, 5.74) is 2.11. The lowest BCUT2D eigenvalue weighted by Crippen LogP contribution is -2.29. The van der Waals surface area contributed by atoms with Gasteiger partial charge in [-0.15, -0.1) is 0 Å². The van der Waals surface area contributed by atoms with Crippen molar-refractivity contribution in [1.29, 1.82) is 0 Å². The monoisotopic (exact) mass is 208 g/mol. The fourth-order valence-electron chi connectivity index (χ4n) is 1.55. The van der Waals surface area contributed by atoms with Crippen LogP contribution in [0.5, 0.6) is 0 Å². The molecule has 0 fully saturated rings. The van der Waals surface area contributed by atoms with Gasteiger partial charge in [-0.2, -0.15) is 0 Å². The maximum absolute atomic E-state index is 8.85. The number of pyridine rings is 1. The first-order valence-electron chi connectivity index (χ1n) is 5.53. The lowest BCUT2D eigenvalue weighted by molar-refractivity contribution is 0.261. The van der Waals surface area contributed by atoms with Crippen LogP contribution in [-0.2, 0) is 6.54 Å². The molecule has 0 aliphatic carbocycles. The Kier molecular flexibility index (Phi) is 5.29. The zero-order valence-corrected chi connectivity index (χ0v) is 9.53. The summed E-state index contributed by atoms with van der Waals surface area (Å²) in [6, 6.07) is 6.42. The molecule has 0 aliphatic rings. The van der Waals surface area contributed by atoms with Gasteiger partial charge in [0.05, 0.1) is 5.69 Å². The molecule has 1 aromatic heterocycles. The van der Waals surface area contributed by atoms with Crippen molar-refractivity contribution < 1.29 is 5.11 Å². The molecular formula is C12H20N2O. The predicted octanol–water partition coefficient (Wildman–Crippen LogP) is 1.64. The normalized spacial score (nSPS) is 12.7. The van der Waals surface area contributed by atoms with E-state index in [1.807, 2.05) is 25.1 Å². The highest BCUT2D eigenvalue weighted by Gasteiger charge is 2.04. The molecule has 0 radical (unpaired) electrons. The van der Waals surface area contributed by atoms with Crippen molar-refractivity contribution in [2.75, 3.05) is 6.61 Å². The van der Waals surface area contributed by atoms with E-state index in [9.17, 15) is 0 Å². The van der Waals surface area contributed by atoms with Gasteiger partial charge in [-0.25, -0.2) is 0 Å².